The predicted octanol–water partition coefficient (Wildman–Crippen LogP) is 2.80. The number of ether oxygens (including phenoxy) is 1. The zero-order valence-corrected chi connectivity index (χ0v) is 29.5. The minimum atomic E-state index is -1.20. The lowest BCUT2D eigenvalue weighted by Crippen LogP contribution is -2.54. The van der Waals surface area contributed by atoms with Gasteiger partial charge in [-0.1, -0.05) is 109 Å². The monoisotopic (exact) mass is 727 g/mol. The fraction of sp³-hybridized carbons (Fsp3) is 0.238. The number of hydrogen-bond acceptors (Lipinski definition) is 7. The number of nitrogens with one attached hydrogen (secondary N) is 5. The fourth-order valence-electron chi connectivity index (χ4n) is 6.25. The molecule has 3 atom stereocenters. The molecule has 0 spiro atoms. The highest BCUT2D eigenvalue weighted by molar-refractivity contribution is 5.93. The molecule has 12 nitrogen and oxygen atoms in total. The largest absolute Gasteiger partial charge is 0.449 e. The highest BCUT2D eigenvalue weighted by Gasteiger charge is 2.30. The number of terminal acetylenes is 1. The first-order valence-corrected chi connectivity index (χ1v) is 17.5. The molecule has 0 aromatic heterocycles. The Morgan fingerprint density at radius 3 is 1.70 bits per heavy atom. The summed E-state index contributed by atoms with van der Waals surface area (Å²) in [6, 6.07) is 30.7. The van der Waals surface area contributed by atoms with Crippen LogP contribution in [0.4, 0.5) is 4.79 Å². The Kier molecular flexibility index (Phi) is 13.7. The van der Waals surface area contributed by atoms with Crippen molar-refractivity contribution in [3.63, 3.8) is 0 Å². The Morgan fingerprint density at radius 2 is 1.15 bits per heavy atom. The van der Waals surface area contributed by atoms with Gasteiger partial charge in [-0.3, -0.25) is 19.2 Å². The highest BCUT2D eigenvalue weighted by atomic mass is 16.5. The summed E-state index contributed by atoms with van der Waals surface area (Å²) >= 11 is 0. The number of alkyl carbamates (subject to hydrolysis) is 1. The molecule has 5 N–H and O–H groups in total. The molecule has 0 saturated carbocycles. The first kappa shape index (κ1) is 38.5. The molecule has 0 radical (unpaired) electrons. The Labute approximate surface area is 313 Å². The molecule has 0 heterocycles. The van der Waals surface area contributed by atoms with Gasteiger partial charge in [0.05, 0.1) is 19.1 Å². The maximum absolute atomic E-state index is 13.2. The van der Waals surface area contributed by atoms with Crippen molar-refractivity contribution < 1.29 is 33.5 Å². The van der Waals surface area contributed by atoms with Crippen LogP contribution in [0.3, 0.4) is 0 Å². The van der Waals surface area contributed by atoms with Gasteiger partial charge in [-0.05, 0) is 39.8 Å². The van der Waals surface area contributed by atoms with E-state index in [4.69, 9.17) is 11.2 Å². The lowest BCUT2D eigenvalue weighted by Gasteiger charge is -2.20. The van der Waals surface area contributed by atoms with E-state index in [1.807, 2.05) is 78.9 Å². The van der Waals surface area contributed by atoms with E-state index in [0.717, 1.165) is 33.4 Å². The van der Waals surface area contributed by atoms with Crippen LogP contribution in [-0.4, -0.2) is 73.8 Å². The number of aldehydes is 1. The number of fused-ring (bicyclic) bond motifs is 3. The second-order valence-corrected chi connectivity index (χ2v) is 12.7. The molecule has 276 valence electrons. The van der Waals surface area contributed by atoms with Crippen molar-refractivity contribution in [3.8, 4) is 23.5 Å². The molecule has 1 aliphatic carbocycles. The number of carbonyl (C=O) groups is 6. The van der Waals surface area contributed by atoms with Gasteiger partial charge in [-0.25, -0.2) is 4.79 Å². The second kappa shape index (κ2) is 19.2. The van der Waals surface area contributed by atoms with Gasteiger partial charge in [-0.15, -0.1) is 12.3 Å². The molecule has 1 aliphatic rings. The summed E-state index contributed by atoms with van der Waals surface area (Å²) in [5, 5.41) is 12.7. The van der Waals surface area contributed by atoms with Gasteiger partial charge in [0, 0.05) is 18.8 Å². The van der Waals surface area contributed by atoms with Gasteiger partial charge in [0.15, 0.2) is 0 Å². The Bertz CT molecular complexity index is 1950. The van der Waals surface area contributed by atoms with E-state index in [-0.39, 0.29) is 31.8 Å². The third-order valence-corrected chi connectivity index (χ3v) is 8.86. The molecule has 54 heavy (non-hydrogen) atoms. The van der Waals surface area contributed by atoms with Gasteiger partial charge in [0.25, 0.3) is 0 Å². The van der Waals surface area contributed by atoms with Crippen LogP contribution < -0.4 is 26.6 Å². The summed E-state index contributed by atoms with van der Waals surface area (Å²) in [6.45, 7) is -0.943. The number of amides is 5. The topological polar surface area (TPSA) is 172 Å². The zero-order valence-electron chi connectivity index (χ0n) is 29.5. The molecule has 4 aromatic carbocycles. The van der Waals surface area contributed by atoms with Crippen LogP contribution in [0.1, 0.15) is 34.6 Å². The zero-order chi connectivity index (χ0) is 38.3. The standard InChI is InChI=1S/C42H41N5O7/c1-2-13-36(47-42(53)54-27-35-33-20-11-9-18-31(33)32-19-10-12-21-34(32)35)40(51)43-25-39(50)46-37(23-29-16-7-4-8-17-29)41(52)44-24-38(49)45-30(26-48)22-28-14-5-3-6-15-28/h1,3-12,14-21,26,30,35-37H,13,22-25,27H2,(H,43,51)(H,44,52)(H,45,49)(H,46,50)(H,47,53)/t30-,36+,37-/m0/s1. The van der Waals surface area contributed by atoms with E-state index in [1.165, 1.54) is 0 Å². The molecule has 0 saturated heterocycles. The fourth-order valence-corrected chi connectivity index (χ4v) is 6.25. The van der Waals surface area contributed by atoms with E-state index in [2.05, 4.69) is 32.5 Å². The maximum Gasteiger partial charge on any atom is 0.407 e. The third-order valence-electron chi connectivity index (χ3n) is 8.86. The molecule has 4 aromatic rings. The van der Waals surface area contributed by atoms with Crippen molar-refractivity contribution in [1.29, 1.82) is 0 Å². The molecule has 0 fully saturated rings. The average Bonchev–Trinajstić information content (AvgIpc) is 3.51. The lowest BCUT2D eigenvalue weighted by atomic mass is 9.98. The number of carbonyl (C=O) groups excluding carboxylic acids is 6. The minimum Gasteiger partial charge on any atom is -0.449 e. The van der Waals surface area contributed by atoms with Crippen LogP contribution in [0.2, 0.25) is 0 Å². The second-order valence-electron chi connectivity index (χ2n) is 12.7. The van der Waals surface area contributed by atoms with Gasteiger partial charge in [0.2, 0.25) is 23.6 Å². The highest BCUT2D eigenvalue weighted by Crippen LogP contribution is 2.44. The summed E-state index contributed by atoms with van der Waals surface area (Å²) in [5.74, 6) is -0.494. The van der Waals surface area contributed by atoms with Crippen molar-refractivity contribution >= 4 is 36.0 Å². The average molecular weight is 728 g/mol. The molecule has 5 rings (SSSR count). The Balaban J connectivity index is 1.12. The summed E-state index contributed by atoms with van der Waals surface area (Å²) in [5.41, 5.74) is 5.79. The van der Waals surface area contributed by atoms with Gasteiger partial charge in [0.1, 0.15) is 25.0 Å². The van der Waals surface area contributed by atoms with Crippen molar-refractivity contribution in [2.45, 2.75) is 43.3 Å². The summed E-state index contributed by atoms with van der Waals surface area (Å²) in [6.07, 6.45) is 5.45. The SMILES string of the molecule is C#CC[C@@H](NC(=O)OCC1c2ccccc2-c2ccccc21)C(=O)NCC(=O)N[C@@H](Cc1ccccc1)C(=O)NCC(=O)N[C@H](C=O)Cc1ccccc1. The smallest absolute Gasteiger partial charge is 0.407 e. The van der Waals surface area contributed by atoms with Gasteiger partial charge in [-0.2, -0.15) is 0 Å². The number of hydrogen-bond donors (Lipinski definition) is 5. The van der Waals surface area contributed by atoms with Crippen LogP contribution in [0.25, 0.3) is 11.1 Å². The summed E-state index contributed by atoms with van der Waals surface area (Å²) in [4.78, 5) is 76.4. The predicted molar refractivity (Wildman–Crippen MR) is 202 cm³/mol. The van der Waals surface area contributed by atoms with Crippen molar-refractivity contribution in [2.75, 3.05) is 19.7 Å². The minimum absolute atomic E-state index is 0.0323. The first-order valence-electron chi connectivity index (χ1n) is 17.5. The Morgan fingerprint density at radius 1 is 0.648 bits per heavy atom. The molecule has 0 aliphatic heterocycles. The van der Waals surface area contributed by atoms with E-state index < -0.39 is 60.9 Å². The van der Waals surface area contributed by atoms with E-state index in [9.17, 15) is 28.8 Å². The van der Waals surface area contributed by atoms with Crippen LogP contribution in [0, 0.1) is 12.3 Å². The lowest BCUT2D eigenvalue weighted by molar-refractivity contribution is -0.131. The van der Waals surface area contributed by atoms with Crippen LogP contribution in [-0.2, 0) is 41.6 Å². The van der Waals surface area contributed by atoms with Crippen LogP contribution in [0.5, 0.6) is 0 Å². The summed E-state index contributed by atoms with van der Waals surface area (Å²) < 4.78 is 5.55. The van der Waals surface area contributed by atoms with E-state index >= 15 is 0 Å². The normalized spacial score (nSPS) is 13.0. The van der Waals surface area contributed by atoms with Crippen LogP contribution in [0.15, 0.2) is 109 Å². The third kappa shape index (κ3) is 10.6. The van der Waals surface area contributed by atoms with Crippen molar-refractivity contribution in [1.82, 2.24) is 26.6 Å². The van der Waals surface area contributed by atoms with Crippen LogP contribution >= 0.6 is 0 Å². The molecular weight excluding hydrogens is 686 g/mol. The molecule has 0 unspecified atom stereocenters. The molecular formula is C42H41N5O7. The first-order chi connectivity index (χ1) is 26.2. The molecule has 12 heteroatoms. The quantitative estimate of drug-likeness (QED) is 0.0823. The van der Waals surface area contributed by atoms with E-state index in [0.29, 0.717) is 6.29 Å². The Hall–Kier alpha value is -6.74. The number of rotatable bonds is 17. The van der Waals surface area contributed by atoms with Gasteiger partial charge >= 0.3 is 6.09 Å². The van der Waals surface area contributed by atoms with Crippen molar-refractivity contribution in [3.05, 3.63) is 131 Å². The summed E-state index contributed by atoms with van der Waals surface area (Å²) in [7, 11) is 0. The van der Waals surface area contributed by atoms with Gasteiger partial charge < -0.3 is 36.1 Å². The maximum atomic E-state index is 13.2. The van der Waals surface area contributed by atoms with E-state index in [1.54, 1.807) is 30.3 Å². The number of benzene rings is 4. The molecule has 0 bridgehead atoms. The molecule has 5 amide bonds. The van der Waals surface area contributed by atoms with Crippen molar-refractivity contribution in [2.24, 2.45) is 0 Å².